The number of hydrogen-bond acceptors (Lipinski definition) is 3. The zero-order valence-electron chi connectivity index (χ0n) is 17.0. The molecule has 1 amide bonds. The summed E-state index contributed by atoms with van der Waals surface area (Å²) in [5, 5.41) is 2.84. The second-order valence-corrected chi connectivity index (χ2v) is 8.10. The van der Waals surface area contributed by atoms with Gasteiger partial charge in [-0.2, -0.15) is 0 Å². The van der Waals surface area contributed by atoms with Crippen LogP contribution < -0.4 is 5.32 Å². The van der Waals surface area contributed by atoms with Gasteiger partial charge in [0.15, 0.2) is 0 Å². The summed E-state index contributed by atoms with van der Waals surface area (Å²) in [6.07, 6.45) is 6.60. The Morgan fingerprint density at radius 1 is 0.967 bits per heavy atom. The van der Waals surface area contributed by atoms with Crippen molar-refractivity contribution in [2.24, 2.45) is 0 Å². The number of fused-ring (bicyclic) bond motifs is 3. The Balaban J connectivity index is 1.26. The Morgan fingerprint density at radius 3 is 2.23 bits per heavy atom. The molecular weight excluding hydrogens is 390 g/mol. The Kier molecular flexibility index (Phi) is 6.55. The predicted molar refractivity (Wildman–Crippen MR) is 125 cm³/mol. The number of carbonyl (C=O) groups is 1. The molecule has 0 radical (unpaired) electrons. The third-order valence-electron chi connectivity index (χ3n) is 5.35. The highest BCUT2D eigenvalue weighted by molar-refractivity contribution is 7.98. The normalized spacial score (nSPS) is 12.6. The number of nitrogens with one attached hydrogen (secondary N) is 1. The molecule has 30 heavy (non-hydrogen) atoms. The van der Waals surface area contributed by atoms with E-state index in [0.717, 1.165) is 12.0 Å². The molecule has 0 aromatic heterocycles. The smallest absolute Gasteiger partial charge is 0.407 e. The molecule has 3 aromatic carbocycles. The quantitative estimate of drug-likeness (QED) is 0.361. The van der Waals surface area contributed by atoms with Gasteiger partial charge in [0.1, 0.15) is 6.61 Å². The van der Waals surface area contributed by atoms with E-state index in [2.05, 4.69) is 84.4 Å². The van der Waals surface area contributed by atoms with E-state index in [1.54, 1.807) is 11.8 Å². The van der Waals surface area contributed by atoms with E-state index in [1.807, 2.05) is 12.1 Å². The Morgan fingerprint density at radius 2 is 1.60 bits per heavy atom. The number of amides is 1. The van der Waals surface area contributed by atoms with E-state index < -0.39 is 0 Å². The van der Waals surface area contributed by atoms with Crippen molar-refractivity contribution in [3.8, 4) is 11.1 Å². The molecule has 3 aromatic rings. The molecule has 4 heteroatoms. The first-order chi connectivity index (χ1) is 14.8. The molecule has 0 spiro atoms. The van der Waals surface area contributed by atoms with Gasteiger partial charge in [-0.05, 0) is 52.6 Å². The van der Waals surface area contributed by atoms with Crippen LogP contribution in [-0.4, -0.2) is 25.5 Å². The maximum atomic E-state index is 12.2. The maximum absolute atomic E-state index is 12.2. The number of benzene rings is 3. The molecule has 0 aliphatic heterocycles. The average molecular weight is 416 g/mol. The van der Waals surface area contributed by atoms with E-state index >= 15 is 0 Å². The SMILES string of the molecule is CSc1ccc(C=CCCNC(=O)OCC2c3ccccc3-c3ccccc32)cc1. The molecular formula is C26H25NO2S. The lowest BCUT2D eigenvalue weighted by Crippen LogP contribution is -2.26. The monoisotopic (exact) mass is 415 g/mol. The van der Waals surface area contributed by atoms with Gasteiger partial charge >= 0.3 is 6.09 Å². The summed E-state index contributed by atoms with van der Waals surface area (Å²) in [4.78, 5) is 13.4. The summed E-state index contributed by atoms with van der Waals surface area (Å²) >= 11 is 1.73. The summed E-state index contributed by atoms with van der Waals surface area (Å²) in [5.41, 5.74) is 6.08. The van der Waals surface area contributed by atoms with Gasteiger partial charge in [-0.3, -0.25) is 0 Å². The number of thioether (sulfide) groups is 1. The largest absolute Gasteiger partial charge is 0.449 e. The molecule has 1 N–H and O–H groups in total. The molecule has 0 bridgehead atoms. The van der Waals surface area contributed by atoms with Gasteiger partial charge in [-0.1, -0.05) is 72.8 Å². The fourth-order valence-corrected chi connectivity index (χ4v) is 4.25. The van der Waals surface area contributed by atoms with Crippen LogP contribution in [0.5, 0.6) is 0 Å². The van der Waals surface area contributed by atoms with Gasteiger partial charge in [0.2, 0.25) is 0 Å². The molecule has 3 nitrogen and oxygen atoms in total. The van der Waals surface area contributed by atoms with Crippen molar-refractivity contribution in [3.05, 3.63) is 95.6 Å². The predicted octanol–water partition coefficient (Wildman–Crippen LogP) is 6.35. The maximum Gasteiger partial charge on any atom is 0.407 e. The van der Waals surface area contributed by atoms with Crippen molar-refractivity contribution in [3.63, 3.8) is 0 Å². The standard InChI is InChI=1S/C26H25NO2S/c1-30-20-15-13-19(14-16-20)8-6-7-17-27-26(28)29-18-25-23-11-4-2-9-21(23)22-10-3-5-12-24(22)25/h2-6,8-16,25H,7,17-18H2,1H3,(H,27,28). The number of alkyl carbamates (subject to hydrolysis) is 1. The van der Waals surface area contributed by atoms with Crippen LogP contribution in [0.4, 0.5) is 4.79 Å². The lowest BCUT2D eigenvalue weighted by Gasteiger charge is -2.14. The van der Waals surface area contributed by atoms with Crippen LogP contribution in [0.15, 0.2) is 83.8 Å². The van der Waals surface area contributed by atoms with Crippen LogP contribution >= 0.6 is 11.8 Å². The van der Waals surface area contributed by atoms with E-state index in [-0.39, 0.29) is 12.0 Å². The molecule has 0 saturated carbocycles. The van der Waals surface area contributed by atoms with Crippen molar-refractivity contribution < 1.29 is 9.53 Å². The highest BCUT2D eigenvalue weighted by Crippen LogP contribution is 2.44. The van der Waals surface area contributed by atoms with Crippen LogP contribution in [0.3, 0.4) is 0 Å². The first-order valence-corrected chi connectivity index (χ1v) is 11.4. The minimum Gasteiger partial charge on any atom is -0.449 e. The van der Waals surface area contributed by atoms with Gasteiger partial charge in [-0.25, -0.2) is 4.79 Å². The Bertz CT molecular complexity index is 997. The number of rotatable bonds is 7. The van der Waals surface area contributed by atoms with Crippen LogP contribution in [0.1, 0.15) is 29.0 Å². The molecule has 0 saturated heterocycles. The molecule has 0 heterocycles. The van der Waals surface area contributed by atoms with Crippen LogP contribution in [-0.2, 0) is 4.74 Å². The number of hydrogen-bond donors (Lipinski definition) is 1. The second kappa shape index (κ2) is 9.68. The molecule has 1 aliphatic carbocycles. The summed E-state index contributed by atoms with van der Waals surface area (Å²) < 4.78 is 5.55. The molecule has 152 valence electrons. The fourth-order valence-electron chi connectivity index (χ4n) is 3.84. The lowest BCUT2D eigenvalue weighted by atomic mass is 9.98. The lowest BCUT2D eigenvalue weighted by molar-refractivity contribution is 0.143. The minimum absolute atomic E-state index is 0.0901. The van der Waals surface area contributed by atoms with Crippen molar-refractivity contribution in [2.45, 2.75) is 17.2 Å². The zero-order chi connectivity index (χ0) is 20.8. The van der Waals surface area contributed by atoms with E-state index in [4.69, 9.17) is 4.74 Å². The third-order valence-corrected chi connectivity index (χ3v) is 6.09. The average Bonchev–Trinajstić information content (AvgIpc) is 3.12. The molecule has 1 aliphatic rings. The van der Waals surface area contributed by atoms with Crippen molar-refractivity contribution in [1.29, 1.82) is 0 Å². The highest BCUT2D eigenvalue weighted by atomic mass is 32.2. The molecule has 4 rings (SSSR count). The first kappa shape index (κ1) is 20.3. The third kappa shape index (κ3) is 4.60. The molecule has 0 fully saturated rings. The Labute approximate surface area is 182 Å². The van der Waals surface area contributed by atoms with Gasteiger partial charge in [0, 0.05) is 17.4 Å². The first-order valence-electron chi connectivity index (χ1n) is 10.2. The summed E-state index contributed by atoms with van der Waals surface area (Å²) in [7, 11) is 0. The fraction of sp³-hybridized carbons (Fsp3) is 0.192. The summed E-state index contributed by atoms with van der Waals surface area (Å²) in [6, 6.07) is 25.1. The minimum atomic E-state index is -0.366. The van der Waals surface area contributed by atoms with Gasteiger partial charge < -0.3 is 10.1 Å². The second-order valence-electron chi connectivity index (χ2n) is 7.22. The van der Waals surface area contributed by atoms with Crippen LogP contribution in [0.25, 0.3) is 17.2 Å². The topological polar surface area (TPSA) is 38.3 Å². The Hall–Kier alpha value is -2.98. The van der Waals surface area contributed by atoms with Crippen LogP contribution in [0, 0.1) is 0 Å². The van der Waals surface area contributed by atoms with Crippen molar-refractivity contribution in [1.82, 2.24) is 5.32 Å². The zero-order valence-corrected chi connectivity index (χ0v) is 17.8. The van der Waals surface area contributed by atoms with Crippen molar-refractivity contribution in [2.75, 3.05) is 19.4 Å². The molecule has 0 atom stereocenters. The van der Waals surface area contributed by atoms with E-state index in [9.17, 15) is 4.79 Å². The van der Waals surface area contributed by atoms with Gasteiger partial charge in [-0.15, -0.1) is 11.8 Å². The van der Waals surface area contributed by atoms with Gasteiger partial charge in [0.05, 0.1) is 0 Å². The number of ether oxygens (including phenoxy) is 1. The molecule has 0 unspecified atom stereocenters. The van der Waals surface area contributed by atoms with Crippen molar-refractivity contribution >= 4 is 23.9 Å². The van der Waals surface area contributed by atoms with Gasteiger partial charge in [0.25, 0.3) is 0 Å². The summed E-state index contributed by atoms with van der Waals surface area (Å²) in [6.45, 7) is 0.896. The van der Waals surface area contributed by atoms with E-state index in [1.165, 1.54) is 27.1 Å². The summed E-state index contributed by atoms with van der Waals surface area (Å²) in [5.74, 6) is 0.0901. The van der Waals surface area contributed by atoms with E-state index in [0.29, 0.717) is 13.2 Å². The van der Waals surface area contributed by atoms with Crippen LogP contribution in [0.2, 0.25) is 0 Å². The number of carbonyl (C=O) groups excluding carboxylic acids is 1. The highest BCUT2D eigenvalue weighted by Gasteiger charge is 2.28.